The summed E-state index contributed by atoms with van der Waals surface area (Å²) >= 11 is 0. The maximum atomic E-state index is 13.3. The van der Waals surface area contributed by atoms with E-state index in [-0.39, 0.29) is 17.3 Å². The monoisotopic (exact) mass is 384 g/mol. The SMILES string of the molecule is Cc1ccccc1CN1CCN(S(=O)(=O)c2cccc(F)c2)CC1.Cl. The molecule has 0 atom stereocenters. The third-order valence-electron chi connectivity index (χ3n) is 4.42. The highest BCUT2D eigenvalue weighted by molar-refractivity contribution is 7.89. The van der Waals surface area contributed by atoms with Crippen LogP contribution in [-0.2, 0) is 16.6 Å². The van der Waals surface area contributed by atoms with Crippen molar-refractivity contribution in [2.45, 2.75) is 18.4 Å². The second kappa shape index (κ2) is 8.27. The fourth-order valence-corrected chi connectivity index (χ4v) is 4.39. The Morgan fingerprint density at radius 3 is 2.32 bits per heavy atom. The Bertz CT molecular complexity index is 821. The Labute approximate surface area is 154 Å². The smallest absolute Gasteiger partial charge is 0.243 e. The van der Waals surface area contributed by atoms with Crippen LogP contribution in [0.1, 0.15) is 11.1 Å². The molecule has 7 heteroatoms. The van der Waals surface area contributed by atoms with Gasteiger partial charge in [-0.05, 0) is 36.2 Å². The molecular formula is C18H22ClFN2O2S. The average molecular weight is 385 g/mol. The standard InChI is InChI=1S/C18H21FN2O2S.ClH/c1-15-5-2-3-6-16(15)14-20-9-11-21(12-10-20)24(22,23)18-8-4-7-17(19)13-18;/h2-8,13H,9-12,14H2,1H3;1H. The van der Waals surface area contributed by atoms with Crippen LogP contribution in [0.5, 0.6) is 0 Å². The van der Waals surface area contributed by atoms with E-state index in [4.69, 9.17) is 0 Å². The lowest BCUT2D eigenvalue weighted by molar-refractivity contribution is 0.181. The van der Waals surface area contributed by atoms with Gasteiger partial charge in [-0.25, -0.2) is 12.8 Å². The third-order valence-corrected chi connectivity index (χ3v) is 6.31. The minimum Gasteiger partial charge on any atom is -0.296 e. The first kappa shape index (κ1) is 19.8. The summed E-state index contributed by atoms with van der Waals surface area (Å²) in [6.07, 6.45) is 0. The highest BCUT2D eigenvalue weighted by Gasteiger charge is 2.28. The van der Waals surface area contributed by atoms with Crippen LogP contribution < -0.4 is 0 Å². The number of nitrogens with zero attached hydrogens (tertiary/aromatic N) is 2. The van der Waals surface area contributed by atoms with Gasteiger partial charge in [-0.2, -0.15) is 4.31 Å². The van der Waals surface area contributed by atoms with E-state index < -0.39 is 15.8 Å². The van der Waals surface area contributed by atoms with E-state index in [9.17, 15) is 12.8 Å². The Kier molecular flexibility index (Phi) is 6.57. The number of halogens is 2. The first-order valence-corrected chi connectivity index (χ1v) is 9.43. The summed E-state index contributed by atoms with van der Waals surface area (Å²) in [6, 6.07) is 13.4. The van der Waals surface area contributed by atoms with Crippen LogP contribution in [0.25, 0.3) is 0 Å². The van der Waals surface area contributed by atoms with Crippen LogP contribution in [0, 0.1) is 12.7 Å². The number of rotatable bonds is 4. The van der Waals surface area contributed by atoms with E-state index in [1.54, 1.807) is 0 Å². The topological polar surface area (TPSA) is 40.6 Å². The van der Waals surface area contributed by atoms with Crippen molar-refractivity contribution in [2.75, 3.05) is 26.2 Å². The van der Waals surface area contributed by atoms with E-state index in [0.717, 1.165) is 12.6 Å². The van der Waals surface area contributed by atoms with Crippen LogP contribution in [-0.4, -0.2) is 43.8 Å². The second-order valence-corrected chi connectivity index (χ2v) is 8.00. The van der Waals surface area contributed by atoms with Crippen LogP contribution in [0.3, 0.4) is 0 Å². The maximum Gasteiger partial charge on any atom is 0.243 e. The lowest BCUT2D eigenvalue weighted by Crippen LogP contribution is -2.48. The molecule has 1 aliphatic rings. The number of hydrogen-bond acceptors (Lipinski definition) is 3. The van der Waals surface area contributed by atoms with Crippen molar-refractivity contribution < 1.29 is 12.8 Å². The molecular weight excluding hydrogens is 363 g/mol. The van der Waals surface area contributed by atoms with Gasteiger partial charge in [0, 0.05) is 32.7 Å². The highest BCUT2D eigenvalue weighted by atomic mass is 35.5. The van der Waals surface area contributed by atoms with E-state index in [1.807, 2.05) is 12.1 Å². The molecule has 1 heterocycles. The quantitative estimate of drug-likeness (QED) is 0.813. The van der Waals surface area contributed by atoms with Crippen molar-refractivity contribution >= 4 is 22.4 Å². The molecule has 0 bridgehead atoms. The lowest BCUT2D eigenvalue weighted by atomic mass is 10.1. The molecule has 1 aliphatic heterocycles. The van der Waals surface area contributed by atoms with Gasteiger partial charge in [0.15, 0.2) is 0 Å². The summed E-state index contributed by atoms with van der Waals surface area (Å²) in [7, 11) is -3.62. The zero-order chi connectivity index (χ0) is 17.2. The molecule has 2 aromatic carbocycles. The normalized spacial score (nSPS) is 16.4. The fraction of sp³-hybridized carbons (Fsp3) is 0.333. The highest BCUT2D eigenvalue weighted by Crippen LogP contribution is 2.19. The second-order valence-electron chi connectivity index (χ2n) is 6.06. The number of benzene rings is 2. The van der Waals surface area contributed by atoms with Crippen molar-refractivity contribution in [3.63, 3.8) is 0 Å². The largest absolute Gasteiger partial charge is 0.296 e. The summed E-state index contributed by atoms with van der Waals surface area (Å²) in [5.74, 6) is -0.533. The van der Waals surface area contributed by atoms with Gasteiger partial charge in [0.05, 0.1) is 4.90 Å². The first-order valence-electron chi connectivity index (χ1n) is 7.99. The Hall–Kier alpha value is -1.47. The zero-order valence-corrected chi connectivity index (χ0v) is 15.7. The zero-order valence-electron chi connectivity index (χ0n) is 14.1. The van der Waals surface area contributed by atoms with Crippen molar-refractivity contribution in [1.82, 2.24) is 9.21 Å². The van der Waals surface area contributed by atoms with Crippen molar-refractivity contribution in [3.05, 3.63) is 65.5 Å². The molecule has 4 nitrogen and oxygen atoms in total. The summed E-state index contributed by atoms with van der Waals surface area (Å²) in [4.78, 5) is 2.27. The molecule has 0 spiro atoms. The molecule has 136 valence electrons. The first-order chi connectivity index (χ1) is 11.5. The number of sulfonamides is 1. The van der Waals surface area contributed by atoms with E-state index in [1.165, 1.54) is 33.6 Å². The van der Waals surface area contributed by atoms with Gasteiger partial charge < -0.3 is 0 Å². The minimum absolute atomic E-state index is 0. The van der Waals surface area contributed by atoms with Crippen molar-refractivity contribution in [1.29, 1.82) is 0 Å². The van der Waals surface area contributed by atoms with Crippen LogP contribution in [0.2, 0.25) is 0 Å². The summed E-state index contributed by atoms with van der Waals surface area (Å²) in [6.45, 7) is 5.09. The van der Waals surface area contributed by atoms with Gasteiger partial charge in [-0.3, -0.25) is 4.90 Å². The molecule has 3 rings (SSSR count). The molecule has 0 amide bonds. The molecule has 25 heavy (non-hydrogen) atoms. The predicted molar refractivity (Wildman–Crippen MR) is 98.9 cm³/mol. The van der Waals surface area contributed by atoms with Crippen molar-refractivity contribution in [3.8, 4) is 0 Å². The minimum atomic E-state index is -3.62. The molecule has 0 radical (unpaired) electrons. The van der Waals surface area contributed by atoms with Crippen LogP contribution in [0.15, 0.2) is 53.4 Å². The number of piperazine rings is 1. The Morgan fingerprint density at radius 2 is 1.68 bits per heavy atom. The molecule has 0 unspecified atom stereocenters. The van der Waals surface area contributed by atoms with Crippen LogP contribution in [0.4, 0.5) is 4.39 Å². The van der Waals surface area contributed by atoms with E-state index in [2.05, 4.69) is 24.0 Å². The molecule has 0 N–H and O–H groups in total. The Balaban J connectivity index is 0.00000225. The molecule has 0 saturated carbocycles. The summed E-state index contributed by atoms with van der Waals surface area (Å²) in [5, 5.41) is 0. The van der Waals surface area contributed by atoms with Crippen molar-refractivity contribution in [2.24, 2.45) is 0 Å². The third kappa shape index (κ3) is 4.58. The summed E-state index contributed by atoms with van der Waals surface area (Å²) < 4.78 is 40.0. The molecule has 2 aromatic rings. The lowest BCUT2D eigenvalue weighted by Gasteiger charge is -2.34. The average Bonchev–Trinajstić information content (AvgIpc) is 2.57. The van der Waals surface area contributed by atoms with Gasteiger partial charge in [-0.15, -0.1) is 12.4 Å². The van der Waals surface area contributed by atoms with Gasteiger partial charge >= 0.3 is 0 Å². The maximum absolute atomic E-state index is 13.3. The van der Waals surface area contributed by atoms with Crippen LogP contribution >= 0.6 is 12.4 Å². The number of aryl methyl sites for hydroxylation is 1. The predicted octanol–water partition coefficient (Wildman–Crippen LogP) is 3.06. The van der Waals surface area contributed by atoms with E-state index in [0.29, 0.717) is 26.2 Å². The molecule has 1 fully saturated rings. The Morgan fingerprint density at radius 1 is 1.00 bits per heavy atom. The summed E-state index contributed by atoms with van der Waals surface area (Å²) in [5.41, 5.74) is 2.51. The molecule has 0 aliphatic carbocycles. The number of hydrogen-bond donors (Lipinski definition) is 0. The van der Waals surface area contributed by atoms with Gasteiger partial charge in [-0.1, -0.05) is 30.3 Å². The van der Waals surface area contributed by atoms with Gasteiger partial charge in [0.2, 0.25) is 10.0 Å². The van der Waals surface area contributed by atoms with E-state index >= 15 is 0 Å². The molecule has 0 aromatic heterocycles. The van der Waals surface area contributed by atoms with Gasteiger partial charge in [0.25, 0.3) is 0 Å². The molecule has 1 saturated heterocycles. The fourth-order valence-electron chi connectivity index (χ4n) is 2.93. The van der Waals surface area contributed by atoms with Gasteiger partial charge in [0.1, 0.15) is 5.82 Å².